The van der Waals surface area contributed by atoms with Crippen LogP contribution in [0.1, 0.15) is 33.6 Å². The third kappa shape index (κ3) is 8.81. The number of aliphatic carboxylic acids is 1. The average Bonchev–Trinajstić information content (AvgIpc) is 2.32. The minimum atomic E-state index is -1.04. The van der Waals surface area contributed by atoms with Gasteiger partial charge in [-0.15, -0.1) is 0 Å². The Bertz CT molecular complexity index is 255. The Morgan fingerprint density at radius 2 is 1.89 bits per heavy atom. The molecule has 2 amide bonds. The molecule has 0 aromatic carbocycles. The number of hydrogen-bond donors (Lipinski definition) is 3. The van der Waals surface area contributed by atoms with Crippen molar-refractivity contribution in [1.29, 1.82) is 0 Å². The summed E-state index contributed by atoms with van der Waals surface area (Å²) in [7, 11) is 0. The van der Waals surface area contributed by atoms with E-state index in [0.29, 0.717) is 0 Å². The Kier molecular flexibility index (Phi) is 9.00. The van der Waals surface area contributed by atoms with E-state index >= 15 is 0 Å². The molecule has 0 aromatic heterocycles. The summed E-state index contributed by atoms with van der Waals surface area (Å²) < 4.78 is 0. The van der Waals surface area contributed by atoms with Crippen LogP contribution in [0, 0.1) is 0 Å². The van der Waals surface area contributed by atoms with Gasteiger partial charge in [0.15, 0.2) is 0 Å². The number of rotatable bonds is 9. The standard InChI is InChI=1S/C12H25N3O3/c1-4-15(5-2)8-6-7-10(3)14-12(18)13-9-11(16)17/h10H,4-9H2,1-3H3,(H,16,17)(H2,13,14,18). The number of nitrogens with zero attached hydrogens (tertiary/aromatic N) is 1. The molecule has 6 nitrogen and oxygen atoms in total. The molecule has 0 aliphatic heterocycles. The van der Waals surface area contributed by atoms with Crippen molar-refractivity contribution in [2.45, 2.75) is 39.7 Å². The number of urea groups is 1. The van der Waals surface area contributed by atoms with Crippen LogP contribution in [-0.4, -0.2) is 54.2 Å². The molecule has 0 bridgehead atoms. The maximum absolute atomic E-state index is 11.3. The summed E-state index contributed by atoms with van der Waals surface area (Å²) in [4.78, 5) is 23.9. The van der Waals surface area contributed by atoms with E-state index in [2.05, 4.69) is 29.4 Å². The first-order valence-electron chi connectivity index (χ1n) is 6.48. The van der Waals surface area contributed by atoms with Gasteiger partial charge in [0.1, 0.15) is 6.54 Å². The minimum absolute atomic E-state index is 0.0503. The van der Waals surface area contributed by atoms with Gasteiger partial charge in [-0.1, -0.05) is 13.8 Å². The van der Waals surface area contributed by atoms with Crippen molar-refractivity contribution in [1.82, 2.24) is 15.5 Å². The van der Waals surface area contributed by atoms with Gasteiger partial charge in [-0.2, -0.15) is 0 Å². The van der Waals surface area contributed by atoms with Gasteiger partial charge < -0.3 is 20.6 Å². The first-order valence-corrected chi connectivity index (χ1v) is 6.48. The molecule has 0 aliphatic carbocycles. The summed E-state index contributed by atoms with van der Waals surface area (Å²) in [6.45, 7) is 8.93. The van der Waals surface area contributed by atoms with Crippen molar-refractivity contribution in [3.05, 3.63) is 0 Å². The number of carbonyl (C=O) groups excluding carboxylic acids is 1. The Balaban J connectivity index is 3.66. The number of hydrogen-bond acceptors (Lipinski definition) is 3. The largest absolute Gasteiger partial charge is 0.480 e. The Morgan fingerprint density at radius 1 is 1.28 bits per heavy atom. The van der Waals surface area contributed by atoms with E-state index in [9.17, 15) is 9.59 Å². The van der Waals surface area contributed by atoms with Crippen molar-refractivity contribution in [3.8, 4) is 0 Å². The zero-order chi connectivity index (χ0) is 14.0. The molecule has 1 atom stereocenters. The number of amides is 2. The fraction of sp³-hybridized carbons (Fsp3) is 0.833. The first kappa shape index (κ1) is 16.7. The molecule has 106 valence electrons. The van der Waals surface area contributed by atoms with Gasteiger partial charge in [-0.25, -0.2) is 4.79 Å². The molecule has 6 heteroatoms. The van der Waals surface area contributed by atoms with Crippen molar-refractivity contribution in [3.63, 3.8) is 0 Å². The molecule has 0 saturated heterocycles. The van der Waals surface area contributed by atoms with Crippen LogP contribution in [0.25, 0.3) is 0 Å². The van der Waals surface area contributed by atoms with Gasteiger partial charge in [0.2, 0.25) is 0 Å². The SMILES string of the molecule is CCN(CC)CCCC(C)NC(=O)NCC(=O)O. The van der Waals surface area contributed by atoms with Crippen LogP contribution in [0.3, 0.4) is 0 Å². The maximum Gasteiger partial charge on any atom is 0.323 e. The van der Waals surface area contributed by atoms with Crippen LogP contribution in [0.5, 0.6) is 0 Å². The van der Waals surface area contributed by atoms with Crippen molar-refractivity contribution < 1.29 is 14.7 Å². The van der Waals surface area contributed by atoms with Gasteiger partial charge in [0.05, 0.1) is 0 Å². The highest BCUT2D eigenvalue weighted by Crippen LogP contribution is 1.99. The third-order valence-corrected chi connectivity index (χ3v) is 2.78. The van der Waals surface area contributed by atoms with Gasteiger partial charge >= 0.3 is 12.0 Å². The average molecular weight is 259 g/mol. The van der Waals surface area contributed by atoms with Crippen LogP contribution in [0.4, 0.5) is 4.79 Å². The fourth-order valence-corrected chi connectivity index (χ4v) is 1.66. The summed E-state index contributed by atoms with van der Waals surface area (Å²) in [6.07, 6.45) is 1.90. The zero-order valence-corrected chi connectivity index (χ0v) is 11.5. The summed E-state index contributed by atoms with van der Waals surface area (Å²) in [5.74, 6) is -1.04. The van der Waals surface area contributed by atoms with E-state index in [0.717, 1.165) is 32.5 Å². The van der Waals surface area contributed by atoms with Crippen LogP contribution < -0.4 is 10.6 Å². The number of carboxylic acids is 1. The van der Waals surface area contributed by atoms with Crippen LogP contribution in [0.2, 0.25) is 0 Å². The quantitative estimate of drug-likeness (QED) is 0.574. The molecule has 0 radical (unpaired) electrons. The molecule has 0 fully saturated rings. The Labute approximate surface area is 109 Å². The highest BCUT2D eigenvalue weighted by molar-refractivity contribution is 5.79. The van der Waals surface area contributed by atoms with Crippen LogP contribution in [-0.2, 0) is 4.79 Å². The predicted molar refractivity (Wildman–Crippen MR) is 70.7 cm³/mol. The molecular weight excluding hydrogens is 234 g/mol. The monoisotopic (exact) mass is 259 g/mol. The molecule has 1 unspecified atom stereocenters. The fourth-order valence-electron chi connectivity index (χ4n) is 1.66. The Hall–Kier alpha value is -1.30. The van der Waals surface area contributed by atoms with Crippen molar-refractivity contribution in [2.24, 2.45) is 0 Å². The smallest absolute Gasteiger partial charge is 0.323 e. The lowest BCUT2D eigenvalue weighted by Gasteiger charge is -2.19. The van der Waals surface area contributed by atoms with E-state index in [4.69, 9.17) is 5.11 Å². The molecule has 0 saturated carbocycles. The van der Waals surface area contributed by atoms with E-state index < -0.39 is 12.0 Å². The number of carbonyl (C=O) groups is 2. The van der Waals surface area contributed by atoms with Crippen molar-refractivity contribution >= 4 is 12.0 Å². The number of nitrogens with one attached hydrogen (secondary N) is 2. The van der Waals surface area contributed by atoms with Gasteiger partial charge in [-0.05, 0) is 39.4 Å². The lowest BCUT2D eigenvalue weighted by Crippen LogP contribution is -2.42. The third-order valence-electron chi connectivity index (χ3n) is 2.78. The van der Waals surface area contributed by atoms with Crippen LogP contribution >= 0.6 is 0 Å². The number of carboxylic acid groups (broad SMARTS) is 1. The predicted octanol–water partition coefficient (Wildman–Crippen LogP) is 0.881. The molecule has 3 N–H and O–H groups in total. The maximum atomic E-state index is 11.3. The zero-order valence-electron chi connectivity index (χ0n) is 11.5. The second-order valence-electron chi connectivity index (χ2n) is 4.29. The summed E-state index contributed by atoms with van der Waals surface area (Å²) in [6, 6.07) is -0.373. The molecule has 0 aromatic rings. The van der Waals surface area contributed by atoms with Gasteiger partial charge in [0.25, 0.3) is 0 Å². The van der Waals surface area contributed by atoms with Gasteiger partial charge in [-0.3, -0.25) is 4.79 Å². The summed E-state index contributed by atoms with van der Waals surface area (Å²) in [5.41, 5.74) is 0. The lowest BCUT2D eigenvalue weighted by molar-refractivity contribution is -0.135. The normalized spacial score (nSPS) is 12.2. The Morgan fingerprint density at radius 3 is 2.39 bits per heavy atom. The highest BCUT2D eigenvalue weighted by Gasteiger charge is 2.08. The minimum Gasteiger partial charge on any atom is -0.480 e. The highest BCUT2D eigenvalue weighted by atomic mass is 16.4. The molecule has 0 heterocycles. The van der Waals surface area contributed by atoms with E-state index in [1.807, 2.05) is 6.92 Å². The second-order valence-corrected chi connectivity index (χ2v) is 4.29. The van der Waals surface area contributed by atoms with Crippen LogP contribution in [0.15, 0.2) is 0 Å². The molecule has 0 rings (SSSR count). The topological polar surface area (TPSA) is 81.7 Å². The van der Waals surface area contributed by atoms with E-state index in [1.165, 1.54) is 0 Å². The molecule has 18 heavy (non-hydrogen) atoms. The van der Waals surface area contributed by atoms with E-state index in [1.54, 1.807) is 0 Å². The molecule has 0 spiro atoms. The lowest BCUT2D eigenvalue weighted by atomic mass is 10.2. The van der Waals surface area contributed by atoms with E-state index in [-0.39, 0.29) is 12.6 Å². The van der Waals surface area contributed by atoms with Gasteiger partial charge in [0, 0.05) is 6.04 Å². The first-order chi connectivity index (χ1) is 8.49. The molecule has 0 aliphatic rings. The van der Waals surface area contributed by atoms with Crippen molar-refractivity contribution in [2.75, 3.05) is 26.2 Å². The molecular formula is C12H25N3O3. The summed E-state index contributed by atoms with van der Waals surface area (Å²) in [5, 5.41) is 13.4. The second kappa shape index (κ2) is 9.70. The summed E-state index contributed by atoms with van der Waals surface area (Å²) >= 11 is 0.